The van der Waals surface area contributed by atoms with Crippen LogP contribution in [0.3, 0.4) is 0 Å². The fraction of sp³-hybridized carbons (Fsp3) is 0.333. The second-order valence-corrected chi connectivity index (χ2v) is 8.83. The number of methoxy groups -OCH3 is 1. The molecule has 2 aliphatic heterocycles. The third kappa shape index (κ3) is 6.97. The highest BCUT2D eigenvalue weighted by molar-refractivity contribution is 7.11. The summed E-state index contributed by atoms with van der Waals surface area (Å²) in [4.78, 5) is 43.7. The van der Waals surface area contributed by atoms with Crippen molar-refractivity contribution < 1.29 is 38.9 Å². The molecule has 0 saturated carbocycles. The second kappa shape index (κ2) is 12.5. The van der Waals surface area contributed by atoms with Crippen molar-refractivity contribution in [3.63, 3.8) is 0 Å². The lowest BCUT2D eigenvalue weighted by atomic mass is 9.95. The van der Waals surface area contributed by atoms with Gasteiger partial charge < -0.3 is 25.1 Å². The van der Waals surface area contributed by atoms with E-state index in [-0.39, 0.29) is 23.7 Å². The van der Waals surface area contributed by atoms with Crippen molar-refractivity contribution in [2.75, 3.05) is 33.4 Å². The molecule has 0 amide bonds. The zero-order chi connectivity index (χ0) is 27.1. The lowest BCUT2D eigenvalue weighted by Crippen LogP contribution is -2.52. The van der Waals surface area contributed by atoms with E-state index in [0.717, 1.165) is 6.07 Å². The summed E-state index contributed by atoms with van der Waals surface area (Å²) in [5, 5.41) is 28.8. The number of nitrogens with one attached hydrogen (secondary N) is 1. The van der Waals surface area contributed by atoms with Gasteiger partial charge in [0.1, 0.15) is 17.9 Å². The van der Waals surface area contributed by atoms with Gasteiger partial charge in [0.15, 0.2) is 10.8 Å². The van der Waals surface area contributed by atoms with Crippen molar-refractivity contribution >= 4 is 40.7 Å². The number of hydrogen-bond donors (Lipinski definition) is 3. The van der Waals surface area contributed by atoms with Gasteiger partial charge in [-0.25, -0.2) is 14.2 Å². The SMILES string of the molecule is COC(=O)C1=C(CN2CCOC[C@H]2C(=O)O)NC(c2nccs2)=N[C@H]1c1ccc(F)cc1Cl.O=[N+]([O-])O. The molecule has 198 valence electrons. The zero-order valence-electron chi connectivity index (χ0n) is 19.2. The number of rotatable bonds is 6. The Labute approximate surface area is 217 Å². The van der Waals surface area contributed by atoms with Crippen LogP contribution >= 0.6 is 22.9 Å². The number of thiazole rings is 1. The molecule has 4 rings (SSSR count). The third-order valence-electron chi connectivity index (χ3n) is 5.31. The number of ether oxygens (including phenoxy) is 2. The molecule has 13 nitrogen and oxygen atoms in total. The zero-order valence-corrected chi connectivity index (χ0v) is 20.7. The summed E-state index contributed by atoms with van der Waals surface area (Å²) in [7, 11) is 1.24. The molecule has 0 aliphatic carbocycles. The van der Waals surface area contributed by atoms with Gasteiger partial charge >= 0.3 is 11.9 Å². The van der Waals surface area contributed by atoms with Gasteiger partial charge in [0.2, 0.25) is 0 Å². The number of nitrogens with zero attached hydrogens (tertiary/aromatic N) is 4. The largest absolute Gasteiger partial charge is 0.480 e. The highest BCUT2D eigenvalue weighted by Crippen LogP contribution is 2.37. The molecule has 2 aromatic rings. The molecule has 2 atom stereocenters. The number of morpholine rings is 1. The maximum atomic E-state index is 13.7. The number of aliphatic imine (C=N–C) groups is 1. The van der Waals surface area contributed by atoms with E-state index < -0.39 is 34.9 Å². The summed E-state index contributed by atoms with van der Waals surface area (Å²) in [5.41, 5.74) is 0.964. The predicted molar refractivity (Wildman–Crippen MR) is 128 cm³/mol. The number of carbonyl (C=O) groups excluding carboxylic acids is 1. The van der Waals surface area contributed by atoms with Crippen LogP contribution in [0.25, 0.3) is 0 Å². The van der Waals surface area contributed by atoms with Crippen LogP contribution in [0, 0.1) is 15.9 Å². The molecule has 3 N–H and O–H groups in total. The molecule has 0 spiro atoms. The average Bonchev–Trinajstić information content (AvgIpc) is 3.38. The summed E-state index contributed by atoms with van der Waals surface area (Å²) in [5.74, 6) is -1.83. The van der Waals surface area contributed by atoms with Crippen LogP contribution in [0.1, 0.15) is 16.6 Å². The van der Waals surface area contributed by atoms with Crippen LogP contribution in [0.2, 0.25) is 5.02 Å². The molecular weight excluding hydrogens is 537 g/mol. The van der Waals surface area contributed by atoms with Crippen LogP contribution in [0.4, 0.5) is 4.39 Å². The number of hydrogen-bond acceptors (Lipinski definition) is 11. The Morgan fingerprint density at radius 2 is 2.19 bits per heavy atom. The van der Waals surface area contributed by atoms with E-state index in [2.05, 4.69) is 15.3 Å². The molecule has 1 aromatic carbocycles. The number of aliphatic carboxylic acids is 1. The van der Waals surface area contributed by atoms with E-state index >= 15 is 0 Å². The molecule has 16 heteroatoms. The molecule has 0 radical (unpaired) electrons. The van der Waals surface area contributed by atoms with Gasteiger partial charge in [0, 0.05) is 40.9 Å². The van der Waals surface area contributed by atoms with Crippen molar-refractivity contribution in [2.45, 2.75) is 12.1 Å². The van der Waals surface area contributed by atoms with Crippen molar-refractivity contribution in [2.24, 2.45) is 4.99 Å². The Bertz CT molecular complexity index is 1220. The van der Waals surface area contributed by atoms with Crippen LogP contribution in [-0.4, -0.2) is 82.5 Å². The van der Waals surface area contributed by atoms with Crippen LogP contribution in [0.5, 0.6) is 0 Å². The quantitative estimate of drug-likeness (QED) is 0.268. The summed E-state index contributed by atoms with van der Waals surface area (Å²) in [6.45, 7) is 0.814. The number of esters is 1. The van der Waals surface area contributed by atoms with E-state index in [1.54, 1.807) is 16.5 Å². The summed E-state index contributed by atoms with van der Waals surface area (Å²) >= 11 is 7.67. The van der Waals surface area contributed by atoms with Crippen molar-refractivity contribution in [1.29, 1.82) is 0 Å². The Morgan fingerprint density at radius 3 is 2.78 bits per heavy atom. The van der Waals surface area contributed by atoms with Crippen molar-refractivity contribution in [1.82, 2.24) is 15.2 Å². The first-order valence-electron chi connectivity index (χ1n) is 10.5. The first kappa shape index (κ1) is 27.9. The topological polar surface area (TPSA) is 177 Å². The molecule has 1 aromatic heterocycles. The minimum absolute atomic E-state index is 0.0246. The van der Waals surface area contributed by atoms with Gasteiger partial charge in [-0.2, -0.15) is 0 Å². The maximum absolute atomic E-state index is 13.7. The van der Waals surface area contributed by atoms with Gasteiger partial charge in [0.05, 0.1) is 25.9 Å². The van der Waals surface area contributed by atoms with E-state index in [1.807, 2.05) is 0 Å². The Morgan fingerprint density at radius 1 is 1.46 bits per heavy atom. The second-order valence-electron chi connectivity index (χ2n) is 7.53. The van der Waals surface area contributed by atoms with Gasteiger partial charge in [-0.15, -0.1) is 21.5 Å². The minimum Gasteiger partial charge on any atom is -0.480 e. The van der Waals surface area contributed by atoms with Gasteiger partial charge in [-0.3, -0.25) is 14.7 Å². The van der Waals surface area contributed by atoms with Crippen LogP contribution in [0.15, 0.2) is 46.0 Å². The molecule has 0 unspecified atom stereocenters. The number of carboxylic acids is 1. The fourth-order valence-corrected chi connectivity index (χ4v) is 4.58. The highest BCUT2D eigenvalue weighted by Gasteiger charge is 2.37. The smallest absolute Gasteiger partial charge is 0.338 e. The number of benzene rings is 1. The summed E-state index contributed by atoms with van der Waals surface area (Å²) in [6.07, 6.45) is 1.62. The minimum atomic E-state index is -1.50. The number of halogens is 2. The Kier molecular flexibility index (Phi) is 9.46. The van der Waals surface area contributed by atoms with Crippen molar-refractivity contribution in [3.8, 4) is 0 Å². The molecule has 0 bridgehead atoms. The van der Waals surface area contributed by atoms with Crippen LogP contribution in [-0.2, 0) is 19.1 Å². The maximum Gasteiger partial charge on any atom is 0.338 e. The third-order valence-corrected chi connectivity index (χ3v) is 6.42. The molecule has 3 heterocycles. The predicted octanol–water partition coefficient (Wildman–Crippen LogP) is 1.89. The summed E-state index contributed by atoms with van der Waals surface area (Å²) in [6, 6.07) is 2.05. The molecule has 1 fully saturated rings. The molecule has 2 aliphatic rings. The number of aromatic nitrogens is 1. The molecule has 37 heavy (non-hydrogen) atoms. The Hall–Kier alpha value is -3.66. The van der Waals surface area contributed by atoms with Crippen LogP contribution < -0.4 is 5.32 Å². The Balaban J connectivity index is 0.000000886. The number of amidine groups is 1. The van der Waals surface area contributed by atoms with E-state index in [4.69, 9.17) is 36.4 Å². The van der Waals surface area contributed by atoms with Crippen molar-refractivity contribution in [3.05, 3.63) is 72.6 Å². The molecular formula is C21H21ClFN5O8S. The lowest BCUT2D eigenvalue weighted by molar-refractivity contribution is -0.742. The molecule has 1 saturated heterocycles. The average molecular weight is 558 g/mol. The van der Waals surface area contributed by atoms with E-state index in [0.29, 0.717) is 35.3 Å². The standard InChI is InChI=1S/C21H20ClFN4O5S.HNO3/c1-31-21(30)16-14(9-27-5-6-32-10-15(27)20(28)29)25-18(19-24-4-7-33-19)26-17(16)12-3-2-11(23)8-13(12)22;2-1(3)4/h2-4,7-8,15,17H,5-6,9-10H2,1H3,(H,25,26)(H,28,29);(H,2,3,4)/t15-,17-;/m0./s1. The number of carboxylic acid groups (broad SMARTS) is 1. The first-order valence-corrected chi connectivity index (χ1v) is 11.8. The summed E-state index contributed by atoms with van der Waals surface area (Å²) < 4.78 is 24.1. The number of carbonyl (C=O) groups is 2. The van der Waals surface area contributed by atoms with Gasteiger partial charge in [-0.05, 0) is 12.1 Å². The highest BCUT2D eigenvalue weighted by atomic mass is 35.5. The first-order chi connectivity index (χ1) is 17.6. The lowest BCUT2D eigenvalue weighted by Gasteiger charge is -2.35. The van der Waals surface area contributed by atoms with Gasteiger partial charge in [-0.1, -0.05) is 17.7 Å². The monoisotopic (exact) mass is 557 g/mol. The van der Waals surface area contributed by atoms with E-state index in [9.17, 15) is 19.1 Å². The fourth-order valence-electron chi connectivity index (χ4n) is 3.73. The van der Waals surface area contributed by atoms with Gasteiger partial charge in [0.25, 0.3) is 5.09 Å². The normalized spacial score (nSPS) is 19.7. The van der Waals surface area contributed by atoms with E-state index in [1.165, 1.54) is 30.6 Å².